The minimum Gasteiger partial charge on any atom is -0.444 e. The van der Waals surface area contributed by atoms with Gasteiger partial charge in [0.2, 0.25) is 0 Å². The minimum absolute atomic E-state index is 0.0212. The van der Waals surface area contributed by atoms with E-state index in [-0.39, 0.29) is 29.1 Å². The molecule has 2 fully saturated rings. The number of nitrogens with one attached hydrogen (secondary N) is 3. The Kier molecular flexibility index (Phi) is 7.17. The number of H-pyrrole nitrogens is 1. The summed E-state index contributed by atoms with van der Waals surface area (Å²) in [6.07, 6.45) is 4.57. The molecule has 0 radical (unpaired) electrons. The van der Waals surface area contributed by atoms with Crippen LogP contribution in [0.15, 0.2) is 35.3 Å². The lowest BCUT2D eigenvalue weighted by molar-refractivity contribution is 0.0908. The maximum absolute atomic E-state index is 12.5. The fourth-order valence-corrected chi connectivity index (χ4v) is 4.67. The van der Waals surface area contributed by atoms with Crippen LogP contribution in [0, 0.1) is 6.92 Å². The molecule has 2 aromatic rings. The zero-order valence-corrected chi connectivity index (χ0v) is 19.2. The summed E-state index contributed by atoms with van der Waals surface area (Å²) in [4.78, 5) is 38.5. The van der Waals surface area contributed by atoms with Crippen molar-refractivity contribution in [3.05, 3.63) is 57.0 Å². The SMILES string of the molecule is Cc1ccccc1C(=O)N[C@H]1CC[C@H](NC(=O)O[C@@H]2CCN(c3cn[nH]c(=O)c3Cl)C2)CC1. The number of aromatic amines is 1. The third-order valence-corrected chi connectivity index (χ3v) is 6.68. The lowest BCUT2D eigenvalue weighted by Crippen LogP contribution is -2.44. The molecule has 0 spiro atoms. The van der Waals surface area contributed by atoms with E-state index in [9.17, 15) is 14.4 Å². The Bertz CT molecular complexity index is 1070. The Labute approximate surface area is 196 Å². The third-order valence-electron chi connectivity index (χ3n) is 6.31. The number of carbonyl (C=O) groups excluding carboxylic acids is 2. The number of carbonyl (C=O) groups is 2. The van der Waals surface area contributed by atoms with Crippen molar-refractivity contribution < 1.29 is 14.3 Å². The van der Waals surface area contributed by atoms with Crippen LogP contribution in [0.25, 0.3) is 0 Å². The Morgan fingerprint density at radius 3 is 2.55 bits per heavy atom. The lowest BCUT2D eigenvalue weighted by atomic mass is 9.91. The van der Waals surface area contributed by atoms with Crippen molar-refractivity contribution in [2.24, 2.45) is 0 Å². The topological polar surface area (TPSA) is 116 Å². The number of hydrogen-bond donors (Lipinski definition) is 3. The van der Waals surface area contributed by atoms with E-state index < -0.39 is 11.7 Å². The summed E-state index contributed by atoms with van der Waals surface area (Å²) in [5, 5.41) is 12.2. The molecule has 2 aliphatic rings. The van der Waals surface area contributed by atoms with Crippen molar-refractivity contribution in [3.8, 4) is 0 Å². The van der Waals surface area contributed by atoms with E-state index in [0.29, 0.717) is 30.8 Å². The standard InChI is InChI=1S/C23H28ClN5O4/c1-14-4-2-3-5-18(14)21(30)26-15-6-8-16(9-7-15)27-23(32)33-17-10-11-29(13-17)19-12-25-28-22(31)20(19)24/h2-5,12,15-17H,6-11,13H2,1H3,(H,26,30)(H,27,32)(H,28,31)/t15-,16-,17-/m1/s1. The van der Waals surface area contributed by atoms with E-state index in [1.54, 1.807) is 0 Å². The van der Waals surface area contributed by atoms with Crippen LogP contribution in [0.5, 0.6) is 0 Å². The second-order valence-corrected chi connectivity index (χ2v) is 9.02. The fraction of sp³-hybridized carbons (Fsp3) is 0.478. The zero-order chi connectivity index (χ0) is 23.4. The summed E-state index contributed by atoms with van der Waals surface area (Å²) in [6, 6.07) is 7.66. The molecule has 10 heteroatoms. The fourth-order valence-electron chi connectivity index (χ4n) is 4.46. The average molecular weight is 474 g/mol. The number of hydrogen-bond acceptors (Lipinski definition) is 6. The molecule has 2 heterocycles. The van der Waals surface area contributed by atoms with Gasteiger partial charge in [0, 0.05) is 30.6 Å². The van der Waals surface area contributed by atoms with E-state index in [2.05, 4.69) is 20.8 Å². The Morgan fingerprint density at radius 1 is 1.12 bits per heavy atom. The number of rotatable bonds is 5. The molecule has 33 heavy (non-hydrogen) atoms. The molecule has 1 saturated carbocycles. The van der Waals surface area contributed by atoms with Crippen molar-refractivity contribution >= 4 is 29.3 Å². The predicted molar refractivity (Wildman–Crippen MR) is 125 cm³/mol. The zero-order valence-electron chi connectivity index (χ0n) is 18.5. The maximum atomic E-state index is 12.5. The molecule has 1 aliphatic heterocycles. The van der Waals surface area contributed by atoms with Gasteiger partial charge in [0.25, 0.3) is 11.5 Å². The Morgan fingerprint density at radius 2 is 1.82 bits per heavy atom. The van der Waals surface area contributed by atoms with Crippen LogP contribution in [0.3, 0.4) is 0 Å². The van der Waals surface area contributed by atoms with Gasteiger partial charge in [-0.3, -0.25) is 9.59 Å². The summed E-state index contributed by atoms with van der Waals surface area (Å²) in [7, 11) is 0. The Balaban J connectivity index is 1.20. The van der Waals surface area contributed by atoms with Crippen molar-refractivity contribution in [1.82, 2.24) is 20.8 Å². The largest absolute Gasteiger partial charge is 0.444 e. The summed E-state index contributed by atoms with van der Waals surface area (Å²) in [5.74, 6) is -0.0505. The second kappa shape index (κ2) is 10.2. The highest BCUT2D eigenvalue weighted by atomic mass is 35.5. The summed E-state index contributed by atoms with van der Waals surface area (Å²) < 4.78 is 5.59. The third kappa shape index (κ3) is 5.65. The highest BCUT2D eigenvalue weighted by Crippen LogP contribution is 2.26. The first-order chi connectivity index (χ1) is 15.9. The summed E-state index contributed by atoms with van der Waals surface area (Å²) in [6.45, 7) is 3.00. The number of benzene rings is 1. The first-order valence-electron chi connectivity index (χ1n) is 11.2. The summed E-state index contributed by atoms with van der Waals surface area (Å²) >= 11 is 6.07. The van der Waals surface area contributed by atoms with Gasteiger partial charge in [-0.1, -0.05) is 29.8 Å². The van der Waals surface area contributed by atoms with Crippen LogP contribution < -0.4 is 21.1 Å². The van der Waals surface area contributed by atoms with E-state index in [1.807, 2.05) is 36.1 Å². The van der Waals surface area contributed by atoms with Crippen molar-refractivity contribution in [2.45, 2.75) is 57.2 Å². The number of alkyl carbamates (subject to hydrolysis) is 1. The highest BCUT2D eigenvalue weighted by molar-refractivity contribution is 6.33. The van der Waals surface area contributed by atoms with Crippen LogP contribution in [-0.2, 0) is 4.74 Å². The molecule has 1 saturated heterocycles. The van der Waals surface area contributed by atoms with Crippen LogP contribution >= 0.6 is 11.6 Å². The van der Waals surface area contributed by atoms with Gasteiger partial charge in [0.15, 0.2) is 0 Å². The number of halogens is 1. The lowest BCUT2D eigenvalue weighted by Gasteiger charge is -2.30. The maximum Gasteiger partial charge on any atom is 0.407 e. The quantitative estimate of drug-likeness (QED) is 0.614. The van der Waals surface area contributed by atoms with Gasteiger partial charge in [-0.25, -0.2) is 9.89 Å². The van der Waals surface area contributed by atoms with Crippen molar-refractivity contribution in [3.63, 3.8) is 0 Å². The van der Waals surface area contributed by atoms with Crippen LogP contribution in [0.4, 0.5) is 10.5 Å². The van der Waals surface area contributed by atoms with E-state index >= 15 is 0 Å². The normalized spacial score (nSPS) is 22.6. The van der Waals surface area contributed by atoms with Crippen LogP contribution in [-0.4, -0.2) is 53.5 Å². The number of anilines is 1. The molecule has 1 aromatic carbocycles. The minimum atomic E-state index is -0.443. The van der Waals surface area contributed by atoms with Gasteiger partial charge < -0.3 is 20.3 Å². The molecular formula is C23H28ClN5O4. The highest BCUT2D eigenvalue weighted by Gasteiger charge is 2.29. The first-order valence-corrected chi connectivity index (χ1v) is 11.6. The van der Waals surface area contributed by atoms with Gasteiger partial charge in [0.05, 0.1) is 18.4 Å². The molecule has 176 valence electrons. The van der Waals surface area contributed by atoms with E-state index in [4.69, 9.17) is 16.3 Å². The van der Waals surface area contributed by atoms with Gasteiger partial charge in [0.1, 0.15) is 11.1 Å². The molecule has 2 amide bonds. The van der Waals surface area contributed by atoms with Gasteiger partial charge >= 0.3 is 6.09 Å². The molecule has 3 N–H and O–H groups in total. The monoisotopic (exact) mass is 473 g/mol. The van der Waals surface area contributed by atoms with Crippen LogP contribution in [0.2, 0.25) is 5.02 Å². The molecule has 1 atom stereocenters. The van der Waals surface area contributed by atoms with Crippen molar-refractivity contribution in [2.75, 3.05) is 18.0 Å². The van der Waals surface area contributed by atoms with Crippen LogP contribution in [0.1, 0.15) is 48.0 Å². The molecule has 4 rings (SSSR count). The molecular weight excluding hydrogens is 446 g/mol. The molecule has 0 bridgehead atoms. The van der Waals surface area contributed by atoms with Gasteiger partial charge in [-0.2, -0.15) is 5.10 Å². The smallest absolute Gasteiger partial charge is 0.407 e. The van der Waals surface area contributed by atoms with Gasteiger partial charge in [-0.15, -0.1) is 0 Å². The molecule has 1 aliphatic carbocycles. The number of aryl methyl sites for hydroxylation is 1. The van der Waals surface area contributed by atoms with E-state index in [0.717, 1.165) is 31.2 Å². The Hall–Kier alpha value is -3.07. The number of nitrogens with zero attached hydrogens (tertiary/aromatic N) is 2. The number of ether oxygens (including phenoxy) is 1. The van der Waals surface area contributed by atoms with Gasteiger partial charge in [-0.05, 0) is 44.2 Å². The molecule has 1 aromatic heterocycles. The summed E-state index contributed by atoms with van der Waals surface area (Å²) in [5.41, 5.74) is 1.75. The number of amides is 2. The van der Waals surface area contributed by atoms with E-state index in [1.165, 1.54) is 6.20 Å². The van der Waals surface area contributed by atoms with Crippen molar-refractivity contribution in [1.29, 1.82) is 0 Å². The first kappa shape index (κ1) is 23.1. The number of aromatic nitrogens is 2. The molecule has 0 unspecified atom stereocenters. The molecule has 9 nitrogen and oxygen atoms in total. The second-order valence-electron chi connectivity index (χ2n) is 8.64. The average Bonchev–Trinajstić information content (AvgIpc) is 3.25. The predicted octanol–water partition coefficient (Wildman–Crippen LogP) is 2.78.